The van der Waals surface area contributed by atoms with Gasteiger partial charge in [0, 0.05) is 21.5 Å². The molecule has 6 heteroatoms. The van der Waals surface area contributed by atoms with Gasteiger partial charge in [-0.1, -0.05) is 52.3 Å². The van der Waals surface area contributed by atoms with Crippen LogP contribution < -0.4 is 10.5 Å². The van der Waals surface area contributed by atoms with Crippen LogP contribution in [-0.4, -0.2) is 6.61 Å². The molecule has 4 rings (SSSR count). The molecule has 0 aromatic heterocycles. The van der Waals surface area contributed by atoms with Crippen LogP contribution in [0.25, 0.3) is 5.57 Å². The van der Waals surface area contributed by atoms with Gasteiger partial charge in [-0.2, -0.15) is 15.8 Å². The number of halogens is 1. The first kappa shape index (κ1) is 17.9. The van der Waals surface area contributed by atoms with Crippen molar-refractivity contribution >= 4 is 21.5 Å². The second-order valence-corrected chi connectivity index (χ2v) is 7.43. The minimum absolute atomic E-state index is 0.0174. The maximum absolute atomic E-state index is 10.1. The molecule has 1 aliphatic heterocycles. The summed E-state index contributed by atoms with van der Waals surface area (Å²) >= 11 is 3.54. The molecule has 28 heavy (non-hydrogen) atoms. The molecule has 0 saturated heterocycles. The van der Waals surface area contributed by atoms with Crippen molar-refractivity contribution in [1.82, 2.24) is 0 Å². The van der Waals surface area contributed by atoms with Crippen LogP contribution in [0.1, 0.15) is 17.0 Å². The van der Waals surface area contributed by atoms with Gasteiger partial charge in [0.2, 0.25) is 0 Å². The number of nitrogens with zero attached hydrogens (tertiary/aromatic N) is 3. The fraction of sp³-hybridized carbons (Fsp3) is 0.136. The summed E-state index contributed by atoms with van der Waals surface area (Å²) in [7, 11) is 0. The van der Waals surface area contributed by atoms with E-state index in [0.29, 0.717) is 16.9 Å². The van der Waals surface area contributed by atoms with Gasteiger partial charge in [0.15, 0.2) is 5.41 Å². The van der Waals surface area contributed by atoms with Crippen LogP contribution >= 0.6 is 15.9 Å². The zero-order chi connectivity index (χ0) is 19.9. The molecule has 0 bridgehead atoms. The highest BCUT2D eigenvalue weighted by atomic mass is 79.9. The van der Waals surface area contributed by atoms with Crippen molar-refractivity contribution in [2.75, 3.05) is 6.61 Å². The minimum atomic E-state index is -1.70. The van der Waals surface area contributed by atoms with E-state index < -0.39 is 11.3 Å². The Labute approximate surface area is 170 Å². The number of ether oxygens (including phenoxy) is 1. The van der Waals surface area contributed by atoms with Crippen LogP contribution in [0.5, 0.6) is 5.75 Å². The van der Waals surface area contributed by atoms with E-state index in [1.165, 1.54) is 0 Å². The molecular weight excluding hydrogens is 416 g/mol. The number of nitrogens with two attached hydrogens (primary N) is 1. The molecule has 2 aliphatic rings. The Hall–Kier alpha value is -3.53. The zero-order valence-electron chi connectivity index (χ0n) is 14.6. The summed E-state index contributed by atoms with van der Waals surface area (Å²) in [5, 5.41) is 30.0. The highest BCUT2D eigenvalue weighted by Gasteiger charge is 2.52. The number of hydrogen-bond donors (Lipinski definition) is 1. The molecule has 0 saturated carbocycles. The van der Waals surface area contributed by atoms with Gasteiger partial charge in [-0.15, -0.1) is 0 Å². The van der Waals surface area contributed by atoms with E-state index in [4.69, 9.17) is 10.5 Å². The van der Waals surface area contributed by atoms with E-state index in [9.17, 15) is 15.8 Å². The van der Waals surface area contributed by atoms with E-state index >= 15 is 0 Å². The Morgan fingerprint density at radius 1 is 1.04 bits per heavy atom. The minimum Gasteiger partial charge on any atom is -0.489 e. The predicted octanol–water partition coefficient (Wildman–Crippen LogP) is 4.16. The fourth-order valence-electron chi connectivity index (χ4n) is 3.99. The lowest BCUT2D eigenvalue weighted by molar-refractivity contribution is 0.323. The molecule has 2 aromatic carbocycles. The van der Waals surface area contributed by atoms with Gasteiger partial charge in [-0.25, -0.2) is 0 Å². The average molecular weight is 429 g/mol. The Morgan fingerprint density at radius 3 is 2.39 bits per heavy atom. The Morgan fingerprint density at radius 2 is 1.71 bits per heavy atom. The third-order valence-electron chi connectivity index (χ3n) is 5.27. The SMILES string of the molecule is N#CC1=C(N)C(C#N)(C#N)C(c2ccccc2Br)C2=C1c1ccccc1OC2. The van der Waals surface area contributed by atoms with Crippen molar-refractivity contribution in [3.8, 4) is 24.0 Å². The van der Waals surface area contributed by atoms with Gasteiger partial charge in [-0.3, -0.25) is 0 Å². The summed E-state index contributed by atoms with van der Waals surface area (Å²) < 4.78 is 6.69. The number of hydrogen-bond acceptors (Lipinski definition) is 5. The summed E-state index contributed by atoms with van der Waals surface area (Å²) in [5.41, 5.74) is 7.65. The van der Waals surface area contributed by atoms with Gasteiger partial charge in [0.1, 0.15) is 18.4 Å². The number of fused-ring (bicyclic) bond motifs is 2. The Kier molecular flexibility index (Phi) is 4.19. The normalized spacial score (nSPS) is 19.4. The quantitative estimate of drug-likeness (QED) is 0.733. The van der Waals surface area contributed by atoms with Gasteiger partial charge in [0.05, 0.1) is 23.4 Å². The van der Waals surface area contributed by atoms with Crippen LogP contribution in [-0.2, 0) is 0 Å². The van der Waals surface area contributed by atoms with Crippen LogP contribution in [0.4, 0.5) is 0 Å². The summed E-state index contributed by atoms with van der Waals surface area (Å²) in [5.74, 6) is -0.0207. The predicted molar refractivity (Wildman–Crippen MR) is 106 cm³/mol. The van der Waals surface area contributed by atoms with Crippen molar-refractivity contribution in [2.24, 2.45) is 11.1 Å². The van der Waals surface area contributed by atoms with Crippen LogP contribution in [0.3, 0.4) is 0 Å². The maximum atomic E-state index is 10.1. The van der Waals surface area contributed by atoms with Gasteiger partial charge in [-0.05, 0) is 23.3 Å². The molecule has 0 amide bonds. The van der Waals surface area contributed by atoms with E-state index in [2.05, 4.69) is 34.1 Å². The molecule has 1 heterocycles. The van der Waals surface area contributed by atoms with Crippen molar-refractivity contribution in [3.05, 3.63) is 81.0 Å². The van der Waals surface area contributed by atoms with Crippen molar-refractivity contribution in [3.63, 3.8) is 0 Å². The highest BCUT2D eigenvalue weighted by Crippen LogP contribution is 2.56. The van der Waals surface area contributed by atoms with E-state index in [0.717, 1.165) is 15.6 Å². The van der Waals surface area contributed by atoms with E-state index in [1.54, 1.807) is 0 Å². The van der Waals surface area contributed by atoms with Crippen molar-refractivity contribution in [2.45, 2.75) is 5.92 Å². The van der Waals surface area contributed by atoms with Crippen LogP contribution in [0.2, 0.25) is 0 Å². The largest absolute Gasteiger partial charge is 0.489 e. The smallest absolute Gasteiger partial charge is 0.194 e. The summed E-state index contributed by atoms with van der Waals surface area (Å²) in [4.78, 5) is 0. The molecule has 1 atom stereocenters. The highest BCUT2D eigenvalue weighted by molar-refractivity contribution is 9.10. The first-order valence-corrected chi connectivity index (χ1v) is 9.31. The zero-order valence-corrected chi connectivity index (χ0v) is 16.2. The molecule has 1 unspecified atom stereocenters. The topological polar surface area (TPSA) is 107 Å². The fourth-order valence-corrected chi connectivity index (χ4v) is 4.51. The third kappa shape index (κ3) is 2.28. The molecule has 0 radical (unpaired) electrons. The molecule has 134 valence electrons. The molecule has 1 aliphatic carbocycles. The Bertz CT molecular complexity index is 1180. The molecule has 5 nitrogen and oxygen atoms in total. The van der Waals surface area contributed by atoms with Crippen LogP contribution in [0.15, 0.2) is 69.8 Å². The van der Waals surface area contributed by atoms with Crippen LogP contribution in [0, 0.1) is 39.4 Å². The summed E-state index contributed by atoms with van der Waals surface area (Å²) in [6.45, 7) is 0.169. The molecular formula is C22H13BrN4O. The summed E-state index contributed by atoms with van der Waals surface area (Å²) in [6, 6.07) is 21.2. The summed E-state index contributed by atoms with van der Waals surface area (Å²) in [6.07, 6.45) is 0. The second kappa shape index (κ2) is 6.57. The Balaban J connectivity index is 2.13. The molecule has 2 aromatic rings. The lowest BCUT2D eigenvalue weighted by atomic mass is 9.61. The second-order valence-electron chi connectivity index (χ2n) is 6.57. The average Bonchev–Trinajstić information content (AvgIpc) is 2.73. The monoisotopic (exact) mass is 428 g/mol. The van der Waals surface area contributed by atoms with Gasteiger partial charge < -0.3 is 10.5 Å². The third-order valence-corrected chi connectivity index (χ3v) is 5.99. The molecule has 0 spiro atoms. The number of nitriles is 3. The van der Waals surface area contributed by atoms with Crippen molar-refractivity contribution < 1.29 is 4.74 Å². The lowest BCUT2D eigenvalue weighted by Gasteiger charge is -2.40. The first-order valence-electron chi connectivity index (χ1n) is 8.52. The standard InChI is InChI=1S/C22H13BrN4O/c23-17-7-3-1-5-13(17)20-16-10-28-18-8-4-2-6-14(18)19(16)15(9-24)21(27)22(20,11-25)12-26/h1-8,20H,10,27H2. The molecule has 2 N–H and O–H groups in total. The number of para-hydroxylation sites is 1. The number of allylic oxidation sites excluding steroid dienone is 3. The van der Waals surface area contributed by atoms with Gasteiger partial charge >= 0.3 is 0 Å². The lowest BCUT2D eigenvalue weighted by Crippen LogP contribution is -2.40. The number of benzene rings is 2. The van der Waals surface area contributed by atoms with E-state index in [-0.39, 0.29) is 17.9 Å². The van der Waals surface area contributed by atoms with E-state index in [1.807, 2.05) is 48.5 Å². The van der Waals surface area contributed by atoms with Gasteiger partial charge in [0.25, 0.3) is 0 Å². The molecule has 0 fully saturated rings. The first-order chi connectivity index (χ1) is 13.6. The maximum Gasteiger partial charge on any atom is 0.194 e. The number of rotatable bonds is 1. The van der Waals surface area contributed by atoms with Crippen molar-refractivity contribution in [1.29, 1.82) is 15.8 Å².